The Labute approximate surface area is 109 Å². The van der Waals surface area contributed by atoms with Crippen molar-refractivity contribution in [2.24, 2.45) is 17.8 Å². The predicted molar refractivity (Wildman–Crippen MR) is 68.1 cm³/mol. The number of ether oxygens (including phenoxy) is 1. The fourth-order valence-corrected chi connectivity index (χ4v) is 2.86. The number of esters is 1. The molecule has 1 rings (SSSR count). The Kier molecular flexibility index (Phi) is 4.77. The van der Waals surface area contributed by atoms with Gasteiger partial charge in [0.15, 0.2) is 0 Å². The fourth-order valence-electron chi connectivity index (χ4n) is 2.86. The Morgan fingerprint density at radius 1 is 1.22 bits per heavy atom. The highest BCUT2D eigenvalue weighted by molar-refractivity contribution is 5.74. The van der Waals surface area contributed by atoms with Gasteiger partial charge in [0.05, 0.1) is 5.92 Å². The molecule has 0 aliphatic heterocycles. The highest BCUT2D eigenvalue weighted by atomic mass is 16.6. The SMILES string of the molecule is CC[C@H]1CC[C@@H](CC(=O)OC(C)(C)C)[C@@H]1C(=O)O. The lowest BCUT2D eigenvalue weighted by molar-refractivity contribution is -0.157. The molecule has 0 amide bonds. The lowest BCUT2D eigenvalue weighted by Crippen LogP contribution is -2.29. The standard InChI is InChI=1S/C14H24O4/c1-5-9-6-7-10(12(9)13(16)17)8-11(15)18-14(2,3)4/h9-10,12H,5-8H2,1-4H3,(H,16,17)/t9-,10-,12+/m0/s1. The number of carbonyl (C=O) groups excluding carboxylic acids is 1. The molecule has 104 valence electrons. The molecule has 0 aromatic heterocycles. The van der Waals surface area contributed by atoms with Crippen molar-refractivity contribution < 1.29 is 19.4 Å². The van der Waals surface area contributed by atoms with E-state index in [1.807, 2.05) is 27.7 Å². The second-order valence-corrected chi connectivity index (χ2v) is 6.16. The summed E-state index contributed by atoms with van der Waals surface area (Å²) >= 11 is 0. The van der Waals surface area contributed by atoms with Crippen molar-refractivity contribution in [2.75, 3.05) is 0 Å². The van der Waals surface area contributed by atoms with Crippen LogP contribution < -0.4 is 0 Å². The van der Waals surface area contributed by atoms with E-state index in [0.717, 1.165) is 19.3 Å². The largest absolute Gasteiger partial charge is 0.481 e. The molecule has 18 heavy (non-hydrogen) atoms. The van der Waals surface area contributed by atoms with Gasteiger partial charge >= 0.3 is 11.9 Å². The first-order valence-electron chi connectivity index (χ1n) is 6.69. The average molecular weight is 256 g/mol. The zero-order chi connectivity index (χ0) is 13.9. The molecule has 0 bridgehead atoms. The van der Waals surface area contributed by atoms with Gasteiger partial charge in [-0.1, -0.05) is 13.3 Å². The molecule has 1 N–H and O–H groups in total. The van der Waals surface area contributed by atoms with Crippen LogP contribution in [0.5, 0.6) is 0 Å². The van der Waals surface area contributed by atoms with Crippen molar-refractivity contribution >= 4 is 11.9 Å². The molecular formula is C14H24O4. The van der Waals surface area contributed by atoms with Crippen LogP contribution in [0.2, 0.25) is 0 Å². The van der Waals surface area contributed by atoms with Gasteiger partial charge in [0, 0.05) is 6.42 Å². The molecule has 1 saturated carbocycles. The number of carbonyl (C=O) groups is 2. The van der Waals surface area contributed by atoms with Crippen LogP contribution in [0.25, 0.3) is 0 Å². The maximum Gasteiger partial charge on any atom is 0.307 e. The lowest BCUT2D eigenvalue weighted by atomic mass is 9.86. The number of rotatable bonds is 4. The highest BCUT2D eigenvalue weighted by Crippen LogP contribution is 2.41. The van der Waals surface area contributed by atoms with Gasteiger partial charge in [-0.05, 0) is 45.4 Å². The summed E-state index contributed by atoms with van der Waals surface area (Å²) in [5.41, 5.74) is -0.501. The molecule has 0 saturated heterocycles. The Balaban J connectivity index is 2.61. The molecule has 1 aliphatic carbocycles. The second kappa shape index (κ2) is 5.72. The van der Waals surface area contributed by atoms with Crippen LogP contribution in [-0.2, 0) is 14.3 Å². The molecule has 0 aromatic rings. The summed E-state index contributed by atoms with van der Waals surface area (Å²) in [6.07, 6.45) is 2.81. The summed E-state index contributed by atoms with van der Waals surface area (Å²) in [5.74, 6) is -1.30. The third kappa shape index (κ3) is 4.00. The van der Waals surface area contributed by atoms with Crippen LogP contribution in [0.15, 0.2) is 0 Å². The van der Waals surface area contributed by atoms with Crippen LogP contribution >= 0.6 is 0 Å². The quantitative estimate of drug-likeness (QED) is 0.785. The number of carboxylic acids is 1. The van der Waals surface area contributed by atoms with Gasteiger partial charge in [-0.25, -0.2) is 0 Å². The molecule has 0 aromatic carbocycles. The van der Waals surface area contributed by atoms with E-state index in [2.05, 4.69) is 0 Å². The minimum Gasteiger partial charge on any atom is -0.481 e. The number of aliphatic carboxylic acids is 1. The maximum atomic E-state index is 11.8. The van der Waals surface area contributed by atoms with E-state index in [1.165, 1.54) is 0 Å². The van der Waals surface area contributed by atoms with E-state index in [9.17, 15) is 14.7 Å². The molecule has 0 spiro atoms. The van der Waals surface area contributed by atoms with E-state index in [-0.39, 0.29) is 30.1 Å². The topological polar surface area (TPSA) is 63.6 Å². The smallest absolute Gasteiger partial charge is 0.307 e. The normalized spacial score (nSPS) is 28.1. The third-order valence-corrected chi connectivity index (χ3v) is 3.58. The van der Waals surface area contributed by atoms with E-state index in [0.29, 0.717) is 0 Å². The van der Waals surface area contributed by atoms with Gasteiger partial charge in [0.2, 0.25) is 0 Å². The van der Waals surface area contributed by atoms with Crippen molar-refractivity contribution in [1.82, 2.24) is 0 Å². The van der Waals surface area contributed by atoms with Crippen LogP contribution in [0.1, 0.15) is 53.4 Å². The zero-order valence-corrected chi connectivity index (χ0v) is 11.7. The maximum absolute atomic E-state index is 11.8. The van der Waals surface area contributed by atoms with Crippen molar-refractivity contribution in [1.29, 1.82) is 0 Å². The Bertz CT molecular complexity index is 316. The Morgan fingerprint density at radius 3 is 2.22 bits per heavy atom. The monoisotopic (exact) mass is 256 g/mol. The molecular weight excluding hydrogens is 232 g/mol. The molecule has 0 radical (unpaired) electrons. The summed E-state index contributed by atoms with van der Waals surface area (Å²) in [6.45, 7) is 7.48. The van der Waals surface area contributed by atoms with Gasteiger partial charge in [-0.2, -0.15) is 0 Å². The Hall–Kier alpha value is -1.06. The molecule has 1 aliphatic rings. The van der Waals surface area contributed by atoms with E-state index in [4.69, 9.17) is 4.74 Å². The van der Waals surface area contributed by atoms with Crippen molar-refractivity contribution in [2.45, 2.75) is 59.0 Å². The van der Waals surface area contributed by atoms with E-state index >= 15 is 0 Å². The van der Waals surface area contributed by atoms with Crippen LogP contribution in [-0.4, -0.2) is 22.6 Å². The average Bonchev–Trinajstić information content (AvgIpc) is 2.57. The van der Waals surface area contributed by atoms with Gasteiger partial charge in [-0.15, -0.1) is 0 Å². The molecule has 4 nitrogen and oxygen atoms in total. The number of hydrogen-bond acceptors (Lipinski definition) is 3. The van der Waals surface area contributed by atoms with E-state index < -0.39 is 11.6 Å². The van der Waals surface area contributed by atoms with Crippen LogP contribution in [0, 0.1) is 17.8 Å². The van der Waals surface area contributed by atoms with Gasteiger partial charge in [0.25, 0.3) is 0 Å². The van der Waals surface area contributed by atoms with Crippen molar-refractivity contribution in [3.8, 4) is 0 Å². The highest BCUT2D eigenvalue weighted by Gasteiger charge is 2.41. The first kappa shape index (κ1) is 15.0. The van der Waals surface area contributed by atoms with Gasteiger partial charge in [0.1, 0.15) is 5.60 Å². The van der Waals surface area contributed by atoms with Crippen LogP contribution in [0.4, 0.5) is 0 Å². The Morgan fingerprint density at radius 2 is 1.78 bits per heavy atom. The van der Waals surface area contributed by atoms with Gasteiger partial charge < -0.3 is 9.84 Å². The predicted octanol–water partition coefficient (Wildman–Crippen LogP) is 2.86. The first-order valence-corrected chi connectivity index (χ1v) is 6.69. The summed E-state index contributed by atoms with van der Waals surface area (Å²) in [7, 11) is 0. The second-order valence-electron chi connectivity index (χ2n) is 6.16. The van der Waals surface area contributed by atoms with Gasteiger partial charge in [-0.3, -0.25) is 9.59 Å². The minimum absolute atomic E-state index is 0.0673. The molecule has 4 heteroatoms. The molecule has 3 atom stereocenters. The first-order chi connectivity index (χ1) is 8.24. The van der Waals surface area contributed by atoms with Crippen molar-refractivity contribution in [3.05, 3.63) is 0 Å². The van der Waals surface area contributed by atoms with Crippen LogP contribution in [0.3, 0.4) is 0 Å². The minimum atomic E-state index is -0.770. The molecule has 1 fully saturated rings. The summed E-state index contributed by atoms with van der Waals surface area (Å²) in [6, 6.07) is 0. The summed E-state index contributed by atoms with van der Waals surface area (Å²) in [4.78, 5) is 23.1. The number of carboxylic acid groups (broad SMARTS) is 1. The summed E-state index contributed by atoms with van der Waals surface area (Å²) in [5, 5.41) is 9.28. The third-order valence-electron chi connectivity index (χ3n) is 3.58. The molecule has 0 unspecified atom stereocenters. The lowest BCUT2D eigenvalue weighted by Gasteiger charge is -2.23. The zero-order valence-electron chi connectivity index (χ0n) is 11.7. The fraction of sp³-hybridized carbons (Fsp3) is 0.857. The summed E-state index contributed by atoms with van der Waals surface area (Å²) < 4.78 is 5.26. The van der Waals surface area contributed by atoms with E-state index in [1.54, 1.807) is 0 Å². The number of hydrogen-bond donors (Lipinski definition) is 1. The van der Waals surface area contributed by atoms with Crippen molar-refractivity contribution in [3.63, 3.8) is 0 Å². The molecule has 0 heterocycles.